The van der Waals surface area contributed by atoms with Crippen molar-refractivity contribution < 1.29 is 14.4 Å². The van der Waals surface area contributed by atoms with E-state index in [1.807, 2.05) is 58.2 Å². The Labute approximate surface area is 180 Å². The van der Waals surface area contributed by atoms with Crippen LogP contribution in [-0.4, -0.2) is 57.5 Å². The summed E-state index contributed by atoms with van der Waals surface area (Å²) >= 11 is 3.26. The molecule has 0 bridgehead atoms. The van der Waals surface area contributed by atoms with Gasteiger partial charge in [0, 0.05) is 16.4 Å². The molecule has 2 N–H and O–H groups in total. The summed E-state index contributed by atoms with van der Waals surface area (Å²) in [4.78, 5) is 40.7. The first-order valence-electron chi connectivity index (χ1n) is 9.86. The molecule has 2 aliphatic rings. The molecule has 1 saturated heterocycles. The van der Waals surface area contributed by atoms with E-state index in [2.05, 4.69) is 10.6 Å². The number of rotatable bonds is 7. The Kier molecular flexibility index (Phi) is 6.53. The number of amides is 3. The third kappa shape index (κ3) is 4.28. The van der Waals surface area contributed by atoms with Crippen molar-refractivity contribution in [2.24, 2.45) is 0 Å². The first-order chi connectivity index (χ1) is 13.7. The van der Waals surface area contributed by atoms with Gasteiger partial charge in [0.2, 0.25) is 11.8 Å². The van der Waals surface area contributed by atoms with Gasteiger partial charge >= 0.3 is 0 Å². The molecule has 3 atom stereocenters. The molecule has 0 aliphatic carbocycles. The number of carbonyl (C=O) groups excluding carboxylic acids is 3. The van der Waals surface area contributed by atoms with E-state index in [1.54, 1.807) is 28.4 Å². The van der Waals surface area contributed by atoms with Crippen LogP contribution in [0, 0.1) is 0 Å². The Morgan fingerprint density at radius 1 is 1.24 bits per heavy atom. The number of fused-ring (bicyclic) bond motifs is 3. The molecule has 29 heavy (non-hydrogen) atoms. The van der Waals surface area contributed by atoms with Gasteiger partial charge in [-0.15, -0.1) is 11.8 Å². The smallest absolute Gasteiger partial charge is 0.256 e. The molecule has 2 aliphatic heterocycles. The van der Waals surface area contributed by atoms with E-state index in [9.17, 15) is 14.4 Å². The van der Waals surface area contributed by atoms with E-state index in [4.69, 9.17) is 0 Å². The first kappa shape index (κ1) is 22.0. The Morgan fingerprint density at radius 2 is 1.93 bits per heavy atom. The Balaban J connectivity index is 1.83. The molecule has 1 fully saturated rings. The molecule has 3 rings (SSSR count). The SMILES string of the molecule is CSCC[C@H](NC(=O)[C@@H]1N2C(=O)c3ccccc3[C@@H]2SC1(C)C)C(=O)NC(C)C. The second kappa shape index (κ2) is 8.60. The molecule has 0 radical (unpaired) electrons. The number of hydrogen-bond donors (Lipinski definition) is 2. The van der Waals surface area contributed by atoms with Gasteiger partial charge < -0.3 is 15.5 Å². The van der Waals surface area contributed by atoms with Gasteiger partial charge in [0.15, 0.2) is 0 Å². The second-order valence-corrected chi connectivity index (χ2v) is 11.0. The highest BCUT2D eigenvalue weighted by atomic mass is 32.2. The van der Waals surface area contributed by atoms with Gasteiger partial charge in [0.05, 0.1) is 0 Å². The minimum absolute atomic E-state index is 0.00584. The van der Waals surface area contributed by atoms with E-state index in [-0.39, 0.29) is 29.1 Å². The van der Waals surface area contributed by atoms with Crippen LogP contribution < -0.4 is 10.6 Å². The third-order valence-electron chi connectivity index (χ3n) is 5.22. The predicted octanol–water partition coefficient (Wildman–Crippen LogP) is 2.80. The molecule has 0 aromatic heterocycles. The summed E-state index contributed by atoms with van der Waals surface area (Å²) in [6, 6.07) is 6.28. The Bertz CT molecular complexity index is 812. The standard InChI is InChI=1S/C21H29N3O3S2/c1-12(2)22-17(25)15(10-11-28-5)23-18(26)16-21(3,4)29-20-14-9-7-6-8-13(14)19(27)24(16)20/h6-9,12,15-16,20H,10-11H2,1-5H3,(H,22,25)(H,23,26)/t15-,16-,20-/m0/s1. The van der Waals surface area contributed by atoms with Crippen LogP contribution in [0.25, 0.3) is 0 Å². The average Bonchev–Trinajstić information content (AvgIpc) is 3.08. The molecular weight excluding hydrogens is 406 g/mol. The van der Waals surface area contributed by atoms with Crippen molar-refractivity contribution in [3.05, 3.63) is 35.4 Å². The fourth-order valence-electron chi connectivity index (χ4n) is 3.94. The van der Waals surface area contributed by atoms with Crippen LogP contribution in [0.15, 0.2) is 24.3 Å². The van der Waals surface area contributed by atoms with Crippen molar-refractivity contribution in [1.29, 1.82) is 0 Å². The van der Waals surface area contributed by atoms with Crippen LogP contribution in [0.4, 0.5) is 0 Å². The maximum atomic E-state index is 13.4. The van der Waals surface area contributed by atoms with E-state index < -0.39 is 16.8 Å². The minimum Gasteiger partial charge on any atom is -0.352 e. The summed E-state index contributed by atoms with van der Waals surface area (Å²) in [5, 5.41) is 5.66. The summed E-state index contributed by atoms with van der Waals surface area (Å²) in [5.74, 6) is 0.196. The zero-order valence-corrected chi connectivity index (χ0v) is 19.2. The van der Waals surface area contributed by atoms with Crippen molar-refractivity contribution in [2.45, 2.75) is 62.4 Å². The number of nitrogens with one attached hydrogen (secondary N) is 2. The van der Waals surface area contributed by atoms with E-state index in [0.717, 1.165) is 11.3 Å². The molecule has 1 aromatic rings. The molecule has 158 valence electrons. The van der Waals surface area contributed by atoms with E-state index in [1.165, 1.54) is 0 Å². The number of thioether (sulfide) groups is 2. The summed E-state index contributed by atoms with van der Waals surface area (Å²) < 4.78 is -0.462. The van der Waals surface area contributed by atoms with Gasteiger partial charge in [-0.2, -0.15) is 11.8 Å². The second-order valence-electron chi connectivity index (χ2n) is 8.28. The molecule has 1 aromatic carbocycles. The fourth-order valence-corrected chi connectivity index (χ4v) is 6.00. The highest BCUT2D eigenvalue weighted by Crippen LogP contribution is 2.56. The van der Waals surface area contributed by atoms with Crippen LogP contribution >= 0.6 is 23.5 Å². The number of hydrogen-bond acceptors (Lipinski definition) is 5. The van der Waals surface area contributed by atoms with Crippen molar-refractivity contribution in [1.82, 2.24) is 15.5 Å². The number of carbonyl (C=O) groups is 3. The van der Waals surface area contributed by atoms with Gasteiger partial charge in [-0.3, -0.25) is 14.4 Å². The lowest BCUT2D eigenvalue weighted by Gasteiger charge is -2.31. The van der Waals surface area contributed by atoms with Crippen molar-refractivity contribution in [3.63, 3.8) is 0 Å². The van der Waals surface area contributed by atoms with Gasteiger partial charge in [0.25, 0.3) is 5.91 Å². The lowest BCUT2D eigenvalue weighted by Crippen LogP contribution is -2.57. The van der Waals surface area contributed by atoms with Crippen LogP contribution in [-0.2, 0) is 9.59 Å². The van der Waals surface area contributed by atoms with Gasteiger partial charge in [-0.05, 0) is 57.8 Å². The zero-order valence-electron chi connectivity index (χ0n) is 17.5. The maximum Gasteiger partial charge on any atom is 0.256 e. The molecule has 6 nitrogen and oxygen atoms in total. The van der Waals surface area contributed by atoms with Gasteiger partial charge in [0.1, 0.15) is 17.5 Å². The van der Waals surface area contributed by atoms with Gasteiger partial charge in [-0.1, -0.05) is 18.2 Å². The summed E-state index contributed by atoms with van der Waals surface area (Å²) in [5.41, 5.74) is 1.62. The molecule has 2 heterocycles. The summed E-state index contributed by atoms with van der Waals surface area (Å²) in [6.45, 7) is 7.77. The predicted molar refractivity (Wildman–Crippen MR) is 119 cm³/mol. The van der Waals surface area contributed by atoms with Crippen LogP contribution in [0.5, 0.6) is 0 Å². The highest BCUT2D eigenvalue weighted by molar-refractivity contribution is 8.01. The quantitative estimate of drug-likeness (QED) is 0.689. The summed E-state index contributed by atoms with van der Waals surface area (Å²) in [7, 11) is 0. The number of benzene rings is 1. The van der Waals surface area contributed by atoms with Crippen molar-refractivity contribution in [2.75, 3.05) is 12.0 Å². The molecule has 3 amide bonds. The lowest BCUT2D eigenvalue weighted by molar-refractivity contribution is -0.132. The average molecular weight is 436 g/mol. The number of nitrogens with zero attached hydrogens (tertiary/aromatic N) is 1. The largest absolute Gasteiger partial charge is 0.352 e. The summed E-state index contributed by atoms with van der Waals surface area (Å²) in [6.07, 6.45) is 2.52. The molecule has 0 spiro atoms. The monoisotopic (exact) mass is 435 g/mol. The molecule has 8 heteroatoms. The van der Waals surface area contributed by atoms with Crippen molar-refractivity contribution >= 4 is 41.2 Å². The Morgan fingerprint density at radius 3 is 2.59 bits per heavy atom. The van der Waals surface area contributed by atoms with Crippen LogP contribution in [0.2, 0.25) is 0 Å². The Hall–Kier alpha value is -1.67. The topological polar surface area (TPSA) is 78.5 Å². The maximum absolute atomic E-state index is 13.4. The first-order valence-corrected chi connectivity index (χ1v) is 12.1. The molecule has 0 unspecified atom stereocenters. The fraction of sp³-hybridized carbons (Fsp3) is 0.571. The molecule has 0 saturated carbocycles. The van der Waals surface area contributed by atoms with E-state index in [0.29, 0.717) is 12.0 Å². The van der Waals surface area contributed by atoms with Gasteiger partial charge in [-0.25, -0.2) is 0 Å². The minimum atomic E-state index is -0.638. The van der Waals surface area contributed by atoms with Crippen LogP contribution in [0.1, 0.15) is 55.4 Å². The third-order valence-corrected chi connectivity index (χ3v) is 7.40. The highest BCUT2D eigenvalue weighted by Gasteiger charge is 2.57. The molecular formula is C21H29N3O3S2. The lowest BCUT2D eigenvalue weighted by atomic mass is 10.00. The van der Waals surface area contributed by atoms with Crippen molar-refractivity contribution in [3.8, 4) is 0 Å². The normalized spacial score (nSPS) is 23.0. The zero-order chi connectivity index (χ0) is 21.3. The van der Waals surface area contributed by atoms with E-state index >= 15 is 0 Å². The van der Waals surface area contributed by atoms with Crippen LogP contribution in [0.3, 0.4) is 0 Å².